The van der Waals surface area contributed by atoms with Crippen molar-refractivity contribution >= 4 is 17.4 Å². The number of halogens is 1. The van der Waals surface area contributed by atoms with Crippen molar-refractivity contribution in [2.24, 2.45) is 5.92 Å². The van der Waals surface area contributed by atoms with Crippen LogP contribution < -0.4 is 0 Å². The highest BCUT2D eigenvalue weighted by molar-refractivity contribution is 7.09. The molecule has 7 heteroatoms. The molecule has 1 aliphatic rings. The lowest BCUT2D eigenvalue weighted by Gasteiger charge is -2.24. The summed E-state index contributed by atoms with van der Waals surface area (Å²) in [7, 11) is 0. The number of aryl methyl sites for hydroxylation is 1. The summed E-state index contributed by atoms with van der Waals surface area (Å²) < 4.78 is 30.6. The number of aliphatic hydroxyl groups excluding tert-OH is 1. The fourth-order valence-corrected chi connectivity index (χ4v) is 3.35. The van der Waals surface area contributed by atoms with E-state index >= 15 is 0 Å². The topological polar surface area (TPSA) is 60.8 Å². The molecule has 3 atom stereocenters. The molecule has 1 aliphatic heterocycles. The van der Waals surface area contributed by atoms with Gasteiger partial charge in [-0.2, -0.15) is 0 Å². The van der Waals surface area contributed by atoms with Crippen LogP contribution in [0.15, 0.2) is 22.9 Å². The van der Waals surface area contributed by atoms with Crippen molar-refractivity contribution in [1.82, 2.24) is 4.98 Å². The van der Waals surface area contributed by atoms with Crippen LogP contribution in [0, 0.1) is 12.8 Å². The van der Waals surface area contributed by atoms with Crippen molar-refractivity contribution in [3.05, 3.63) is 33.6 Å². The summed E-state index contributed by atoms with van der Waals surface area (Å²) >= 11 is 1.56. The maximum absolute atomic E-state index is 13.9. The summed E-state index contributed by atoms with van der Waals surface area (Å²) in [5, 5.41) is 13.1. The van der Waals surface area contributed by atoms with E-state index in [0.717, 1.165) is 42.1 Å². The molecule has 1 fully saturated rings. The minimum absolute atomic E-state index is 0.0922. The van der Waals surface area contributed by atoms with Crippen molar-refractivity contribution in [3.8, 4) is 0 Å². The predicted octanol–water partition coefficient (Wildman–Crippen LogP) is 4.66. The normalized spacial score (nSPS) is 21.0. The van der Waals surface area contributed by atoms with E-state index in [9.17, 15) is 9.50 Å². The number of ether oxygens (including phenoxy) is 3. The first-order valence-electron chi connectivity index (χ1n) is 9.88. The summed E-state index contributed by atoms with van der Waals surface area (Å²) in [5.41, 5.74) is 1.58. The Bertz CT molecular complexity index is 640. The molecule has 0 saturated carbocycles. The molecule has 0 bridgehead atoms. The second-order valence-corrected chi connectivity index (χ2v) is 8.39. The summed E-state index contributed by atoms with van der Waals surface area (Å²) in [6, 6.07) is 0. The summed E-state index contributed by atoms with van der Waals surface area (Å²) in [4.78, 5) is 4.33. The molecular weight excluding hydrogens is 381 g/mol. The van der Waals surface area contributed by atoms with Crippen LogP contribution in [0.2, 0.25) is 0 Å². The summed E-state index contributed by atoms with van der Waals surface area (Å²) in [5.74, 6) is -0.212. The van der Waals surface area contributed by atoms with Gasteiger partial charge in [0.25, 0.3) is 0 Å². The molecule has 1 aromatic rings. The van der Waals surface area contributed by atoms with E-state index in [2.05, 4.69) is 4.98 Å². The summed E-state index contributed by atoms with van der Waals surface area (Å²) in [6.07, 6.45) is 5.73. The van der Waals surface area contributed by atoms with E-state index in [1.165, 1.54) is 6.08 Å². The standard InChI is InChI=1S/C21H32FNO4S/c1-15(12-27-21-6-4-5-9-26-21)11-25-13-18(22)7-8-20(24)16(2)10-19-14-28-17(3)23-19/h7,10,14-15,20-21,24H,4-6,8-9,11-13H2,1-3H3/t15-,20-,21?/m0/s1. The van der Waals surface area contributed by atoms with E-state index in [1.807, 2.05) is 32.2 Å². The molecule has 28 heavy (non-hydrogen) atoms. The summed E-state index contributed by atoms with van der Waals surface area (Å²) in [6.45, 7) is 7.37. The zero-order chi connectivity index (χ0) is 20.4. The first kappa shape index (κ1) is 23.2. The van der Waals surface area contributed by atoms with Gasteiger partial charge in [-0.3, -0.25) is 0 Å². The molecule has 2 heterocycles. The Labute approximate surface area is 171 Å². The average molecular weight is 414 g/mol. The van der Waals surface area contributed by atoms with Gasteiger partial charge in [-0.05, 0) is 57.3 Å². The Hall–Kier alpha value is -1.12. The number of nitrogens with zero attached hydrogens (tertiary/aromatic N) is 1. The Morgan fingerprint density at radius 2 is 2.29 bits per heavy atom. The highest BCUT2D eigenvalue weighted by atomic mass is 32.1. The van der Waals surface area contributed by atoms with E-state index in [4.69, 9.17) is 14.2 Å². The highest BCUT2D eigenvalue weighted by Crippen LogP contribution is 2.17. The lowest BCUT2D eigenvalue weighted by atomic mass is 10.1. The third kappa shape index (κ3) is 8.92. The Morgan fingerprint density at radius 1 is 1.46 bits per heavy atom. The first-order valence-corrected chi connectivity index (χ1v) is 10.8. The smallest absolute Gasteiger partial charge is 0.157 e. The molecule has 5 nitrogen and oxygen atoms in total. The van der Waals surface area contributed by atoms with Crippen LogP contribution in [0.4, 0.5) is 4.39 Å². The number of hydrogen-bond acceptors (Lipinski definition) is 6. The van der Waals surface area contributed by atoms with Crippen LogP contribution in [0.5, 0.6) is 0 Å². The molecular formula is C21H32FNO4S. The van der Waals surface area contributed by atoms with E-state index in [0.29, 0.717) is 13.2 Å². The van der Waals surface area contributed by atoms with Gasteiger partial charge in [0.1, 0.15) is 5.83 Å². The SMILES string of the molecule is CC(=Cc1csc(C)n1)[C@@H](O)CC=C(F)COC[C@H](C)COC1CCCCO1. The van der Waals surface area contributed by atoms with Crippen molar-refractivity contribution in [2.45, 2.75) is 58.8 Å². The van der Waals surface area contributed by atoms with Crippen LogP contribution in [0.1, 0.15) is 50.2 Å². The molecule has 0 amide bonds. The predicted molar refractivity (Wildman–Crippen MR) is 110 cm³/mol. The van der Waals surface area contributed by atoms with Crippen LogP contribution in [0.3, 0.4) is 0 Å². The molecule has 0 aromatic carbocycles. The van der Waals surface area contributed by atoms with Crippen LogP contribution in [-0.4, -0.2) is 48.9 Å². The fourth-order valence-electron chi connectivity index (χ4n) is 2.78. The first-order chi connectivity index (χ1) is 13.4. The van der Waals surface area contributed by atoms with Gasteiger partial charge in [0.15, 0.2) is 6.29 Å². The zero-order valence-corrected chi connectivity index (χ0v) is 17.8. The molecule has 1 N–H and O–H groups in total. The molecule has 1 saturated heterocycles. The van der Waals surface area contributed by atoms with E-state index in [-0.39, 0.29) is 31.1 Å². The lowest BCUT2D eigenvalue weighted by molar-refractivity contribution is -0.170. The van der Waals surface area contributed by atoms with Gasteiger partial charge < -0.3 is 19.3 Å². The maximum atomic E-state index is 13.9. The third-order valence-corrected chi connectivity index (χ3v) is 5.24. The van der Waals surface area contributed by atoms with Crippen molar-refractivity contribution in [2.75, 3.05) is 26.4 Å². The van der Waals surface area contributed by atoms with Gasteiger partial charge in [0, 0.05) is 17.9 Å². The number of rotatable bonds is 11. The molecule has 1 unspecified atom stereocenters. The molecule has 0 radical (unpaired) electrons. The van der Waals surface area contributed by atoms with Crippen molar-refractivity contribution in [3.63, 3.8) is 0 Å². The monoisotopic (exact) mass is 413 g/mol. The highest BCUT2D eigenvalue weighted by Gasteiger charge is 2.15. The Balaban J connectivity index is 1.62. The van der Waals surface area contributed by atoms with Crippen LogP contribution in [0.25, 0.3) is 6.08 Å². The Kier molecular flexibility index (Phi) is 10.3. The maximum Gasteiger partial charge on any atom is 0.157 e. The minimum atomic E-state index is -0.740. The number of hydrogen-bond donors (Lipinski definition) is 1. The van der Waals surface area contributed by atoms with Crippen molar-refractivity contribution < 1.29 is 23.7 Å². The number of thiazole rings is 1. The van der Waals surface area contributed by atoms with Gasteiger partial charge in [-0.1, -0.05) is 6.92 Å². The number of aromatic nitrogens is 1. The second-order valence-electron chi connectivity index (χ2n) is 7.33. The molecule has 1 aromatic heterocycles. The second kappa shape index (κ2) is 12.4. The fraction of sp³-hybridized carbons (Fsp3) is 0.667. The van der Waals surface area contributed by atoms with Gasteiger partial charge in [0.2, 0.25) is 0 Å². The molecule has 0 spiro atoms. The van der Waals surface area contributed by atoms with Crippen LogP contribution >= 0.6 is 11.3 Å². The zero-order valence-electron chi connectivity index (χ0n) is 17.0. The molecule has 2 rings (SSSR count). The van der Waals surface area contributed by atoms with Gasteiger partial charge >= 0.3 is 0 Å². The third-order valence-electron chi connectivity index (χ3n) is 4.45. The van der Waals surface area contributed by atoms with Gasteiger partial charge in [-0.15, -0.1) is 11.3 Å². The van der Waals surface area contributed by atoms with E-state index < -0.39 is 6.10 Å². The van der Waals surface area contributed by atoms with E-state index in [1.54, 1.807) is 11.3 Å². The van der Waals surface area contributed by atoms with Crippen LogP contribution in [-0.2, 0) is 14.2 Å². The quantitative estimate of drug-likeness (QED) is 0.572. The molecule has 158 valence electrons. The lowest BCUT2D eigenvalue weighted by Crippen LogP contribution is -2.25. The average Bonchev–Trinajstić information content (AvgIpc) is 3.09. The van der Waals surface area contributed by atoms with Gasteiger partial charge in [0.05, 0.1) is 36.6 Å². The minimum Gasteiger partial charge on any atom is -0.388 e. The van der Waals surface area contributed by atoms with Gasteiger partial charge in [-0.25, -0.2) is 9.37 Å². The number of aliphatic hydroxyl groups is 1. The molecule has 0 aliphatic carbocycles. The Morgan fingerprint density at radius 3 is 2.96 bits per heavy atom. The van der Waals surface area contributed by atoms with Crippen molar-refractivity contribution in [1.29, 1.82) is 0 Å². The largest absolute Gasteiger partial charge is 0.388 e.